The van der Waals surface area contributed by atoms with Crippen LogP contribution in [0.1, 0.15) is 24.8 Å². The molecule has 0 saturated heterocycles. The number of carboxylic acid groups (broad SMARTS) is 1. The molecule has 5 nitrogen and oxygen atoms in total. The Hall–Kier alpha value is -1.88. The van der Waals surface area contributed by atoms with Crippen LogP contribution in [0.4, 0.5) is 5.69 Å². The molecule has 0 spiro atoms. The Bertz CT molecular complexity index is 502. The number of benzene rings is 1. The Morgan fingerprint density at radius 3 is 2.60 bits per heavy atom. The SMILES string of the molecule is CNCc1ccccc1NC(=O)C1CCC(C(=O)O)C1. The first-order valence-electron chi connectivity index (χ1n) is 6.88. The summed E-state index contributed by atoms with van der Waals surface area (Å²) in [5.74, 6) is -1.44. The average molecular weight is 276 g/mol. The number of nitrogens with one attached hydrogen (secondary N) is 2. The molecule has 0 bridgehead atoms. The molecule has 108 valence electrons. The molecule has 0 heterocycles. The maximum atomic E-state index is 12.2. The van der Waals surface area contributed by atoms with E-state index in [0.717, 1.165) is 11.3 Å². The molecule has 0 radical (unpaired) electrons. The fraction of sp³-hybridized carbons (Fsp3) is 0.467. The fourth-order valence-electron chi connectivity index (χ4n) is 2.67. The van der Waals surface area contributed by atoms with Crippen LogP contribution in [0.5, 0.6) is 0 Å². The zero-order chi connectivity index (χ0) is 14.5. The van der Waals surface area contributed by atoms with Crippen LogP contribution in [0.15, 0.2) is 24.3 Å². The molecule has 1 aliphatic carbocycles. The molecule has 20 heavy (non-hydrogen) atoms. The van der Waals surface area contributed by atoms with E-state index < -0.39 is 5.97 Å². The minimum absolute atomic E-state index is 0.0719. The molecule has 1 amide bonds. The van der Waals surface area contributed by atoms with E-state index in [-0.39, 0.29) is 17.7 Å². The molecule has 2 rings (SSSR count). The second-order valence-electron chi connectivity index (χ2n) is 5.22. The molecule has 2 unspecified atom stereocenters. The minimum atomic E-state index is -0.795. The van der Waals surface area contributed by atoms with Crippen molar-refractivity contribution in [2.24, 2.45) is 11.8 Å². The predicted octanol–water partition coefficient (Wildman–Crippen LogP) is 1.85. The number of carboxylic acids is 1. The predicted molar refractivity (Wildman–Crippen MR) is 76.3 cm³/mol. The standard InChI is InChI=1S/C15H20N2O3/c1-16-9-12-4-2-3-5-13(12)17-14(18)10-6-7-11(8-10)15(19)20/h2-5,10-11,16H,6-9H2,1H3,(H,17,18)(H,19,20). The van der Waals surface area contributed by atoms with Gasteiger partial charge in [-0.05, 0) is 37.9 Å². The fourth-order valence-corrected chi connectivity index (χ4v) is 2.67. The van der Waals surface area contributed by atoms with Crippen LogP contribution in [0.2, 0.25) is 0 Å². The number of rotatable bonds is 5. The lowest BCUT2D eigenvalue weighted by molar-refractivity contribution is -0.141. The second-order valence-corrected chi connectivity index (χ2v) is 5.22. The zero-order valence-electron chi connectivity index (χ0n) is 11.6. The number of para-hydroxylation sites is 1. The molecular weight excluding hydrogens is 256 g/mol. The lowest BCUT2D eigenvalue weighted by Gasteiger charge is -2.14. The van der Waals surface area contributed by atoms with E-state index >= 15 is 0 Å². The van der Waals surface area contributed by atoms with Crippen molar-refractivity contribution in [1.82, 2.24) is 5.32 Å². The topological polar surface area (TPSA) is 78.4 Å². The van der Waals surface area contributed by atoms with Crippen molar-refractivity contribution in [3.63, 3.8) is 0 Å². The van der Waals surface area contributed by atoms with Crippen LogP contribution in [-0.2, 0) is 16.1 Å². The molecule has 1 aliphatic rings. The van der Waals surface area contributed by atoms with Crippen molar-refractivity contribution in [3.05, 3.63) is 29.8 Å². The Balaban J connectivity index is 2.00. The normalized spacial score (nSPS) is 21.6. The van der Waals surface area contributed by atoms with Gasteiger partial charge >= 0.3 is 5.97 Å². The van der Waals surface area contributed by atoms with Gasteiger partial charge in [-0.3, -0.25) is 9.59 Å². The van der Waals surface area contributed by atoms with Crippen molar-refractivity contribution >= 4 is 17.6 Å². The average Bonchev–Trinajstić information content (AvgIpc) is 2.91. The Kier molecular flexibility index (Phi) is 4.74. The van der Waals surface area contributed by atoms with Gasteiger partial charge in [0, 0.05) is 18.2 Å². The summed E-state index contributed by atoms with van der Waals surface area (Å²) in [6.07, 6.45) is 1.68. The molecule has 1 aromatic carbocycles. The number of anilines is 1. The van der Waals surface area contributed by atoms with Crippen molar-refractivity contribution in [3.8, 4) is 0 Å². The van der Waals surface area contributed by atoms with Crippen molar-refractivity contribution in [1.29, 1.82) is 0 Å². The molecule has 3 N–H and O–H groups in total. The van der Waals surface area contributed by atoms with Crippen LogP contribution in [-0.4, -0.2) is 24.0 Å². The summed E-state index contributed by atoms with van der Waals surface area (Å²) in [6.45, 7) is 0.679. The van der Waals surface area contributed by atoms with Crippen LogP contribution in [0.3, 0.4) is 0 Å². The lowest BCUT2D eigenvalue weighted by Crippen LogP contribution is -2.22. The summed E-state index contributed by atoms with van der Waals surface area (Å²) in [6, 6.07) is 7.64. The number of aliphatic carboxylic acids is 1. The van der Waals surface area contributed by atoms with Crippen LogP contribution in [0, 0.1) is 11.8 Å². The molecule has 0 aromatic heterocycles. The first-order valence-corrected chi connectivity index (χ1v) is 6.88. The highest BCUT2D eigenvalue weighted by Gasteiger charge is 2.33. The maximum absolute atomic E-state index is 12.2. The number of carbonyl (C=O) groups is 2. The zero-order valence-corrected chi connectivity index (χ0v) is 11.6. The van der Waals surface area contributed by atoms with Crippen LogP contribution < -0.4 is 10.6 Å². The molecule has 5 heteroatoms. The van der Waals surface area contributed by atoms with Crippen molar-refractivity contribution < 1.29 is 14.7 Å². The van der Waals surface area contributed by atoms with Crippen LogP contribution in [0.25, 0.3) is 0 Å². The summed E-state index contributed by atoms with van der Waals surface area (Å²) >= 11 is 0. The molecule has 1 aromatic rings. The summed E-state index contributed by atoms with van der Waals surface area (Å²) in [4.78, 5) is 23.1. The lowest BCUT2D eigenvalue weighted by atomic mass is 10.0. The van der Waals surface area contributed by atoms with Gasteiger partial charge in [-0.25, -0.2) is 0 Å². The van der Waals surface area contributed by atoms with Crippen LogP contribution >= 0.6 is 0 Å². The molecule has 1 saturated carbocycles. The van der Waals surface area contributed by atoms with Gasteiger partial charge < -0.3 is 15.7 Å². The molecule has 2 atom stereocenters. The quantitative estimate of drug-likeness (QED) is 0.767. The van der Waals surface area contributed by atoms with E-state index in [1.807, 2.05) is 31.3 Å². The van der Waals surface area contributed by atoms with E-state index in [0.29, 0.717) is 25.8 Å². The minimum Gasteiger partial charge on any atom is -0.481 e. The molecule has 0 aliphatic heterocycles. The first-order chi connectivity index (χ1) is 9.61. The first kappa shape index (κ1) is 14.5. The summed E-state index contributed by atoms with van der Waals surface area (Å²) in [5, 5.41) is 15.0. The van der Waals surface area contributed by atoms with Gasteiger partial charge in [-0.1, -0.05) is 18.2 Å². The summed E-state index contributed by atoms with van der Waals surface area (Å²) in [5.41, 5.74) is 1.82. The monoisotopic (exact) mass is 276 g/mol. The van der Waals surface area contributed by atoms with Gasteiger partial charge in [0.15, 0.2) is 0 Å². The van der Waals surface area contributed by atoms with Gasteiger partial charge in [0.25, 0.3) is 0 Å². The highest BCUT2D eigenvalue weighted by molar-refractivity contribution is 5.93. The summed E-state index contributed by atoms with van der Waals surface area (Å²) < 4.78 is 0. The van der Waals surface area contributed by atoms with Gasteiger partial charge in [0.2, 0.25) is 5.91 Å². The van der Waals surface area contributed by atoms with Gasteiger partial charge in [-0.2, -0.15) is 0 Å². The molecular formula is C15H20N2O3. The van der Waals surface area contributed by atoms with E-state index in [1.54, 1.807) is 0 Å². The van der Waals surface area contributed by atoms with Crippen molar-refractivity contribution in [2.45, 2.75) is 25.8 Å². The van der Waals surface area contributed by atoms with Gasteiger partial charge in [-0.15, -0.1) is 0 Å². The number of amides is 1. The largest absolute Gasteiger partial charge is 0.481 e. The van der Waals surface area contributed by atoms with Crippen molar-refractivity contribution in [2.75, 3.05) is 12.4 Å². The number of carbonyl (C=O) groups excluding carboxylic acids is 1. The summed E-state index contributed by atoms with van der Waals surface area (Å²) in [7, 11) is 1.85. The third kappa shape index (κ3) is 3.36. The number of hydrogen-bond acceptors (Lipinski definition) is 3. The van der Waals surface area contributed by atoms with E-state index in [9.17, 15) is 9.59 Å². The van der Waals surface area contributed by atoms with Gasteiger partial charge in [0.1, 0.15) is 0 Å². The van der Waals surface area contributed by atoms with E-state index in [4.69, 9.17) is 5.11 Å². The Labute approximate surface area is 118 Å². The highest BCUT2D eigenvalue weighted by Crippen LogP contribution is 2.32. The molecule has 1 fully saturated rings. The smallest absolute Gasteiger partial charge is 0.306 e. The Morgan fingerprint density at radius 2 is 1.95 bits per heavy atom. The van der Waals surface area contributed by atoms with E-state index in [1.165, 1.54) is 0 Å². The second kappa shape index (κ2) is 6.52. The highest BCUT2D eigenvalue weighted by atomic mass is 16.4. The van der Waals surface area contributed by atoms with E-state index in [2.05, 4.69) is 10.6 Å². The van der Waals surface area contributed by atoms with Gasteiger partial charge in [0.05, 0.1) is 5.92 Å². The third-order valence-electron chi connectivity index (χ3n) is 3.80. The maximum Gasteiger partial charge on any atom is 0.306 e. The number of hydrogen-bond donors (Lipinski definition) is 3. The Morgan fingerprint density at radius 1 is 1.25 bits per heavy atom. The third-order valence-corrected chi connectivity index (χ3v) is 3.80.